The molecule has 6 heterocycles. The topological polar surface area (TPSA) is 244 Å². The first-order chi connectivity index (χ1) is 34.7. The van der Waals surface area contributed by atoms with Crippen molar-refractivity contribution in [2.45, 2.75) is 78.3 Å². The number of hydrogen-bond acceptors (Lipinski definition) is 19. The lowest BCUT2D eigenvalue weighted by atomic mass is 10.1. The highest BCUT2D eigenvalue weighted by Gasteiger charge is 2.17. The quantitative estimate of drug-likeness (QED) is 0.0976. The molecule has 20 heteroatoms. The van der Waals surface area contributed by atoms with Gasteiger partial charge in [0.05, 0.1) is 46.8 Å². The number of carbonyl (C=O) groups is 2. The Morgan fingerprint density at radius 3 is 1.35 bits per heavy atom. The minimum absolute atomic E-state index is 0.0971. The normalized spacial score (nSPS) is 14.2. The summed E-state index contributed by atoms with van der Waals surface area (Å²) in [5.74, 6) is 2.14. The second kappa shape index (κ2) is 26.6. The third-order valence-corrected chi connectivity index (χ3v) is 10.8. The first kappa shape index (κ1) is 50.7. The molecule has 0 unspecified atom stereocenters. The Kier molecular flexibility index (Phi) is 19.0. The number of methoxy groups -OCH3 is 1. The predicted molar refractivity (Wildman–Crippen MR) is 266 cm³/mol. The van der Waals surface area contributed by atoms with Crippen molar-refractivity contribution in [2.75, 3.05) is 68.0 Å². The number of rotatable bonds is 6. The standard InChI is InChI=1S/C26H31N5O5.C25H29N5O5/c1-3-34-26-30-24-27-17-18-8-11-20(12-9-18)35-14-6-4-5-7-15-36-22-16-19(28-25(29-24)31-26)10-13-21(22)23(32)33-2;1-2-33-25-29-23-26-16-17-7-10-19(11-8-17)34-13-5-3-4-6-14-35-21-15-18(27-24(28-23)30-25)9-12-20(21)22(31)32/h8-13,16H,3-7,14-15,17H2,1-2H3,(H2,27,28,29,30,31);7-12,15H,2-6,13-14,16H2,1H3,(H,31,32)(H2,26,27,28,29,30). The van der Waals surface area contributed by atoms with Gasteiger partial charge in [-0.25, -0.2) is 9.59 Å². The van der Waals surface area contributed by atoms with Gasteiger partial charge in [0.1, 0.15) is 34.1 Å². The van der Waals surface area contributed by atoms with Crippen LogP contribution in [0.3, 0.4) is 0 Å². The van der Waals surface area contributed by atoms with Gasteiger partial charge in [-0.1, -0.05) is 24.3 Å². The maximum Gasteiger partial charge on any atom is 0.341 e. The molecule has 0 saturated carbocycles. The highest BCUT2D eigenvalue weighted by atomic mass is 16.5. The predicted octanol–water partition coefficient (Wildman–Crippen LogP) is 9.40. The largest absolute Gasteiger partial charge is 0.494 e. The van der Waals surface area contributed by atoms with E-state index in [4.69, 9.17) is 33.2 Å². The van der Waals surface area contributed by atoms with E-state index in [1.807, 2.05) is 62.4 Å². The molecule has 12 bridgehead atoms. The molecular formula is C51H60N10O10. The second-order valence-corrected chi connectivity index (χ2v) is 16.1. The fourth-order valence-corrected chi connectivity index (χ4v) is 7.15. The number of carboxylic acids is 1. The van der Waals surface area contributed by atoms with E-state index >= 15 is 0 Å². The highest BCUT2D eigenvalue weighted by Crippen LogP contribution is 2.29. The lowest BCUT2D eigenvalue weighted by molar-refractivity contribution is 0.0595. The molecule has 0 radical (unpaired) electrons. The van der Waals surface area contributed by atoms with Crippen molar-refractivity contribution >= 4 is 47.1 Å². The summed E-state index contributed by atoms with van der Waals surface area (Å²) in [6, 6.07) is 26.1. The number of anilines is 6. The minimum Gasteiger partial charge on any atom is -0.494 e. The van der Waals surface area contributed by atoms with E-state index in [9.17, 15) is 14.7 Å². The summed E-state index contributed by atoms with van der Waals surface area (Å²) < 4.78 is 39.4. The van der Waals surface area contributed by atoms with E-state index in [0.29, 0.717) is 93.3 Å². The molecule has 4 aromatic carbocycles. The van der Waals surface area contributed by atoms with Crippen molar-refractivity contribution in [1.29, 1.82) is 0 Å². The van der Waals surface area contributed by atoms with Crippen LogP contribution in [-0.2, 0) is 17.8 Å². The first-order valence-electron chi connectivity index (χ1n) is 23.8. The molecule has 4 aliphatic heterocycles. The molecule has 2 aromatic heterocycles. The Balaban J connectivity index is 0.000000209. The maximum atomic E-state index is 12.3. The number of hydrogen-bond donors (Lipinski definition) is 5. The van der Waals surface area contributed by atoms with Crippen LogP contribution in [0.15, 0.2) is 84.9 Å². The van der Waals surface area contributed by atoms with Crippen molar-refractivity contribution in [3.8, 4) is 35.0 Å². The Bertz CT molecular complexity index is 2660. The van der Waals surface area contributed by atoms with Gasteiger partial charge in [-0.3, -0.25) is 0 Å². The lowest BCUT2D eigenvalue weighted by Gasteiger charge is -2.14. The molecule has 0 fully saturated rings. The van der Waals surface area contributed by atoms with Gasteiger partial charge in [0.25, 0.3) is 0 Å². The van der Waals surface area contributed by atoms with Gasteiger partial charge in [0, 0.05) is 36.6 Å². The number of carboxylic acid groups (broad SMARTS) is 1. The number of aromatic nitrogens is 6. The number of nitrogens with zero attached hydrogens (tertiary/aromatic N) is 6. The SMILES string of the molecule is CCOc1nc2nc(n1)Nc1ccc(C(=O)O)c(c1)OCCCCCCOc1ccc(cc1)CN2.CCOc1nc2nc(n1)Nc1ccc(C(=O)OC)c(c1)OCCCCCCOc1ccc(cc1)CN2. The van der Waals surface area contributed by atoms with Gasteiger partial charge >= 0.3 is 24.0 Å². The van der Waals surface area contributed by atoms with Crippen LogP contribution in [0.4, 0.5) is 35.2 Å². The summed E-state index contributed by atoms with van der Waals surface area (Å²) in [6.45, 7) is 7.73. The smallest absolute Gasteiger partial charge is 0.341 e. The Morgan fingerprint density at radius 1 is 0.521 bits per heavy atom. The molecule has 10 rings (SSSR count). The van der Waals surface area contributed by atoms with Crippen molar-refractivity contribution in [1.82, 2.24) is 29.9 Å². The van der Waals surface area contributed by atoms with Crippen LogP contribution in [0, 0.1) is 0 Å². The van der Waals surface area contributed by atoms with E-state index in [-0.39, 0.29) is 29.3 Å². The van der Waals surface area contributed by atoms with E-state index in [2.05, 4.69) is 51.2 Å². The highest BCUT2D eigenvalue weighted by molar-refractivity contribution is 5.93. The molecule has 6 aromatic rings. The maximum absolute atomic E-state index is 12.3. The van der Waals surface area contributed by atoms with Crippen molar-refractivity contribution < 1.29 is 47.9 Å². The van der Waals surface area contributed by atoms with Gasteiger partial charge in [-0.05, 0) is 125 Å². The summed E-state index contributed by atoms with van der Waals surface area (Å²) >= 11 is 0. The molecule has 0 aliphatic carbocycles. The molecule has 0 atom stereocenters. The number of esters is 1. The third kappa shape index (κ3) is 15.9. The molecule has 0 amide bonds. The zero-order chi connectivity index (χ0) is 49.6. The molecular weight excluding hydrogens is 913 g/mol. The van der Waals surface area contributed by atoms with E-state index in [1.54, 1.807) is 30.3 Å². The Labute approximate surface area is 412 Å². The van der Waals surface area contributed by atoms with Gasteiger partial charge in [-0.15, -0.1) is 0 Å². The van der Waals surface area contributed by atoms with Crippen molar-refractivity contribution in [3.63, 3.8) is 0 Å². The number of nitrogens with one attached hydrogen (secondary N) is 4. The average molecular weight is 973 g/mol. The van der Waals surface area contributed by atoms with Gasteiger partial charge < -0.3 is 59.5 Å². The average Bonchev–Trinajstić information content (AvgIpc) is 3.37. The van der Waals surface area contributed by atoms with Crippen molar-refractivity contribution in [2.24, 2.45) is 0 Å². The number of ether oxygens (including phenoxy) is 7. The van der Waals surface area contributed by atoms with Crippen LogP contribution in [0.2, 0.25) is 0 Å². The molecule has 0 spiro atoms. The molecule has 4 aliphatic rings. The molecule has 0 saturated heterocycles. The Hall–Kier alpha value is -8.16. The van der Waals surface area contributed by atoms with Gasteiger partial charge in [0.2, 0.25) is 23.8 Å². The van der Waals surface area contributed by atoms with Crippen LogP contribution in [0.25, 0.3) is 0 Å². The van der Waals surface area contributed by atoms with E-state index < -0.39 is 11.9 Å². The zero-order valence-electron chi connectivity index (χ0n) is 40.2. The number of aromatic carboxylic acids is 1. The summed E-state index contributed by atoms with van der Waals surface area (Å²) in [7, 11) is 1.35. The number of benzene rings is 4. The number of carbonyl (C=O) groups excluding carboxylic acids is 1. The van der Waals surface area contributed by atoms with Gasteiger partial charge in [0.15, 0.2) is 0 Å². The van der Waals surface area contributed by atoms with Crippen molar-refractivity contribution in [3.05, 3.63) is 107 Å². The lowest BCUT2D eigenvalue weighted by Crippen LogP contribution is -2.10. The minimum atomic E-state index is -1.05. The van der Waals surface area contributed by atoms with E-state index in [0.717, 1.165) is 74.0 Å². The summed E-state index contributed by atoms with van der Waals surface area (Å²) in [5.41, 5.74) is 3.79. The first-order valence-corrected chi connectivity index (χ1v) is 23.8. The fourth-order valence-electron chi connectivity index (χ4n) is 7.15. The number of fused-ring (bicyclic) bond motifs is 20. The summed E-state index contributed by atoms with van der Waals surface area (Å²) in [5, 5.41) is 22.2. The second-order valence-electron chi connectivity index (χ2n) is 16.1. The summed E-state index contributed by atoms with van der Waals surface area (Å²) in [6.07, 6.45) is 7.54. The molecule has 5 N–H and O–H groups in total. The van der Waals surface area contributed by atoms with Crippen LogP contribution >= 0.6 is 0 Å². The van der Waals surface area contributed by atoms with Crippen LogP contribution in [0.1, 0.15) is 97.1 Å². The Morgan fingerprint density at radius 2 is 0.930 bits per heavy atom. The molecule has 20 nitrogen and oxygen atoms in total. The molecule has 374 valence electrons. The van der Waals surface area contributed by atoms with Crippen LogP contribution < -0.4 is 49.7 Å². The van der Waals surface area contributed by atoms with Crippen LogP contribution in [-0.4, -0.2) is 93.7 Å². The van der Waals surface area contributed by atoms with Crippen LogP contribution in [0.5, 0.6) is 35.0 Å². The van der Waals surface area contributed by atoms with E-state index in [1.165, 1.54) is 13.2 Å². The summed E-state index contributed by atoms with van der Waals surface area (Å²) in [4.78, 5) is 50.2. The fraction of sp³-hybridized carbons (Fsp3) is 0.373. The monoisotopic (exact) mass is 972 g/mol. The molecule has 71 heavy (non-hydrogen) atoms. The zero-order valence-corrected chi connectivity index (χ0v) is 40.2. The van der Waals surface area contributed by atoms with Gasteiger partial charge in [-0.2, -0.15) is 29.9 Å². The third-order valence-electron chi connectivity index (χ3n) is 10.8.